The molecule has 5 nitrogen and oxygen atoms in total. The SMILES string of the molecule is CC[N+](C)(CC)N1C(=O)N(c2ccccc2)C2(CCCCC2)C1=O.[I-]. The van der Waals surface area contributed by atoms with Crippen LogP contribution in [0, 0.1) is 0 Å². The molecule has 3 amide bonds. The predicted molar refractivity (Wildman–Crippen MR) is 94.2 cm³/mol. The molecule has 0 atom stereocenters. The van der Waals surface area contributed by atoms with E-state index in [-0.39, 0.29) is 35.9 Å². The van der Waals surface area contributed by atoms with Crippen molar-refractivity contribution in [2.45, 2.75) is 51.5 Å². The number of carbonyl (C=O) groups excluding carboxylic acids is 2. The number of benzene rings is 1. The van der Waals surface area contributed by atoms with E-state index in [2.05, 4.69) is 0 Å². The third-order valence-electron chi connectivity index (χ3n) is 5.93. The Balaban J connectivity index is 0.00000225. The summed E-state index contributed by atoms with van der Waals surface area (Å²) in [6.45, 7) is 5.49. The fourth-order valence-corrected chi connectivity index (χ4v) is 4.10. The van der Waals surface area contributed by atoms with Crippen LogP contribution in [0.15, 0.2) is 30.3 Å². The van der Waals surface area contributed by atoms with E-state index < -0.39 is 5.54 Å². The highest BCUT2D eigenvalue weighted by molar-refractivity contribution is 6.16. The maximum atomic E-state index is 13.5. The van der Waals surface area contributed by atoms with Crippen molar-refractivity contribution >= 4 is 17.6 Å². The Kier molecular flexibility index (Phi) is 6.14. The molecule has 3 rings (SSSR count). The molecule has 138 valence electrons. The Hall–Kier alpha value is -1.15. The van der Waals surface area contributed by atoms with Crippen LogP contribution in [0.1, 0.15) is 46.0 Å². The van der Waals surface area contributed by atoms with Crippen molar-refractivity contribution in [1.29, 1.82) is 0 Å². The van der Waals surface area contributed by atoms with E-state index in [9.17, 15) is 9.59 Å². The number of rotatable bonds is 4. The number of halogens is 1. The minimum absolute atomic E-state index is 0. The van der Waals surface area contributed by atoms with Gasteiger partial charge in [-0.1, -0.05) is 42.5 Å². The molecule has 1 spiro atoms. The number of hydrogen-bond donors (Lipinski definition) is 0. The van der Waals surface area contributed by atoms with Crippen LogP contribution in [0.25, 0.3) is 0 Å². The quantitative estimate of drug-likeness (QED) is 0.377. The average Bonchev–Trinajstić information content (AvgIpc) is 2.83. The lowest BCUT2D eigenvalue weighted by atomic mass is 9.80. The number of carbonyl (C=O) groups is 2. The lowest BCUT2D eigenvalue weighted by Gasteiger charge is -2.38. The van der Waals surface area contributed by atoms with Crippen molar-refractivity contribution in [1.82, 2.24) is 5.01 Å². The van der Waals surface area contributed by atoms with Crippen LogP contribution in [0.5, 0.6) is 0 Å². The molecule has 1 heterocycles. The van der Waals surface area contributed by atoms with E-state index in [4.69, 9.17) is 0 Å². The van der Waals surface area contributed by atoms with Crippen molar-refractivity contribution in [3.63, 3.8) is 0 Å². The summed E-state index contributed by atoms with van der Waals surface area (Å²) >= 11 is 0. The van der Waals surface area contributed by atoms with Gasteiger partial charge >= 0.3 is 11.9 Å². The first-order valence-corrected chi connectivity index (χ1v) is 9.09. The maximum absolute atomic E-state index is 13.5. The molecule has 0 aromatic heterocycles. The fraction of sp³-hybridized carbons (Fsp3) is 0.579. The summed E-state index contributed by atoms with van der Waals surface area (Å²) in [5.41, 5.74) is 0.139. The number of urea groups is 1. The first-order chi connectivity index (χ1) is 11.5. The number of anilines is 1. The van der Waals surface area contributed by atoms with Gasteiger partial charge in [-0.05, 0) is 38.8 Å². The molecule has 0 bridgehead atoms. The van der Waals surface area contributed by atoms with Crippen LogP contribution in [-0.2, 0) is 4.79 Å². The number of hydrogen-bond acceptors (Lipinski definition) is 2. The summed E-state index contributed by atoms with van der Waals surface area (Å²) in [5.74, 6) is -0.0118. The number of para-hydroxylation sites is 1. The van der Waals surface area contributed by atoms with Gasteiger partial charge in [0.1, 0.15) is 5.54 Å². The molecule has 1 aromatic rings. The lowest BCUT2D eigenvalue weighted by molar-refractivity contribution is -0.991. The highest BCUT2D eigenvalue weighted by atomic mass is 127. The highest BCUT2D eigenvalue weighted by Crippen LogP contribution is 2.44. The van der Waals surface area contributed by atoms with Gasteiger partial charge in [0.25, 0.3) is 0 Å². The van der Waals surface area contributed by atoms with Crippen molar-refractivity contribution in [3.8, 4) is 0 Å². The fourth-order valence-electron chi connectivity index (χ4n) is 4.10. The standard InChI is InChI=1S/C19H28N3O2.HI/c1-4-22(3,5-2)21-17(23)19(14-10-7-11-15-19)20(18(21)24)16-12-8-6-9-13-16;/h6,8-9,12-13H,4-5,7,10-11,14-15H2,1-3H3;1H/q+1;/p-1. The van der Waals surface area contributed by atoms with E-state index in [1.807, 2.05) is 51.2 Å². The highest BCUT2D eigenvalue weighted by Gasteiger charge is 2.63. The third kappa shape index (κ3) is 3.07. The molecule has 2 fully saturated rings. The van der Waals surface area contributed by atoms with Gasteiger partial charge in [0.2, 0.25) is 0 Å². The molecule has 1 aliphatic carbocycles. The number of amides is 3. The average molecular weight is 457 g/mol. The van der Waals surface area contributed by atoms with E-state index in [1.165, 1.54) is 5.01 Å². The van der Waals surface area contributed by atoms with Gasteiger partial charge < -0.3 is 24.0 Å². The number of quaternary nitrogens is 1. The van der Waals surface area contributed by atoms with Crippen molar-refractivity contribution in [3.05, 3.63) is 30.3 Å². The maximum Gasteiger partial charge on any atom is 0.377 e. The second kappa shape index (κ2) is 7.61. The molecule has 1 saturated carbocycles. The summed E-state index contributed by atoms with van der Waals surface area (Å²) in [7, 11) is 1.97. The normalized spacial score (nSPS) is 20.1. The van der Waals surface area contributed by atoms with E-state index in [1.54, 1.807) is 4.90 Å². The molecule has 25 heavy (non-hydrogen) atoms. The van der Waals surface area contributed by atoms with Gasteiger partial charge in [-0.15, -0.1) is 0 Å². The Morgan fingerprint density at radius 3 is 2.08 bits per heavy atom. The molecule has 1 saturated heterocycles. The van der Waals surface area contributed by atoms with Crippen LogP contribution in [0.2, 0.25) is 0 Å². The number of imide groups is 1. The van der Waals surface area contributed by atoms with Crippen LogP contribution in [0.3, 0.4) is 0 Å². The third-order valence-corrected chi connectivity index (χ3v) is 5.93. The first-order valence-electron chi connectivity index (χ1n) is 9.09. The topological polar surface area (TPSA) is 40.6 Å². The molecular formula is C19H28IN3O2. The molecule has 0 N–H and O–H groups in total. The molecule has 0 radical (unpaired) electrons. The minimum atomic E-state index is -0.694. The Bertz CT molecular complexity index is 625. The summed E-state index contributed by atoms with van der Waals surface area (Å²) < 4.78 is 0.336. The van der Waals surface area contributed by atoms with Crippen LogP contribution in [0.4, 0.5) is 10.5 Å². The molecule has 2 aliphatic rings. The van der Waals surface area contributed by atoms with Gasteiger partial charge in [0.05, 0.1) is 20.1 Å². The predicted octanol–water partition coefficient (Wildman–Crippen LogP) is 0.564. The summed E-state index contributed by atoms with van der Waals surface area (Å²) in [6.07, 6.45) is 4.66. The second-order valence-corrected chi connectivity index (χ2v) is 7.13. The van der Waals surface area contributed by atoms with E-state index >= 15 is 0 Å². The summed E-state index contributed by atoms with van der Waals surface area (Å²) in [6, 6.07) is 9.51. The lowest BCUT2D eigenvalue weighted by Crippen LogP contribution is -3.00. The zero-order valence-electron chi connectivity index (χ0n) is 15.4. The monoisotopic (exact) mass is 457 g/mol. The van der Waals surface area contributed by atoms with E-state index in [0.29, 0.717) is 17.7 Å². The zero-order chi connectivity index (χ0) is 17.4. The van der Waals surface area contributed by atoms with Crippen molar-refractivity contribution in [2.24, 2.45) is 0 Å². The van der Waals surface area contributed by atoms with Gasteiger partial charge in [-0.25, -0.2) is 9.39 Å². The zero-order valence-corrected chi connectivity index (χ0v) is 17.5. The number of nitrogens with zero attached hydrogens (tertiary/aromatic N) is 3. The molecule has 1 aromatic carbocycles. The van der Waals surface area contributed by atoms with Crippen molar-refractivity contribution < 1.29 is 38.2 Å². The van der Waals surface area contributed by atoms with Crippen LogP contribution in [-0.4, -0.2) is 47.2 Å². The van der Waals surface area contributed by atoms with E-state index in [0.717, 1.165) is 37.8 Å². The molecule has 6 heteroatoms. The first kappa shape index (κ1) is 20.2. The largest absolute Gasteiger partial charge is 1.00 e. The molecule has 1 aliphatic heterocycles. The Morgan fingerprint density at radius 1 is 1.00 bits per heavy atom. The van der Waals surface area contributed by atoms with Gasteiger partial charge in [-0.2, -0.15) is 0 Å². The van der Waals surface area contributed by atoms with Crippen molar-refractivity contribution in [2.75, 3.05) is 25.0 Å². The summed E-state index contributed by atoms with van der Waals surface area (Å²) in [4.78, 5) is 28.6. The second-order valence-electron chi connectivity index (χ2n) is 7.13. The Labute approximate surface area is 167 Å². The van der Waals surface area contributed by atoms with Gasteiger partial charge in [0.15, 0.2) is 0 Å². The van der Waals surface area contributed by atoms with Gasteiger partial charge in [0, 0.05) is 5.69 Å². The minimum Gasteiger partial charge on any atom is -1.00 e. The Morgan fingerprint density at radius 2 is 1.56 bits per heavy atom. The van der Waals surface area contributed by atoms with Crippen LogP contribution < -0.4 is 28.9 Å². The molecular weight excluding hydrogens is 429 g/mol. The summed E-state index contributed by atoms with van der Waals surface area (Å²) in [5, 5.41) is 1.51. The smallest absolute Gasteiger partial charge is 0.377 e. The molecule has 0 unspecified atom stereocenters. The van der Waals surface area contributed by atoms with Gasteiger partial charge in [-0.3, -0.25) is 9.69 Å². The van der Waals surface area contributed by atoms with Crippen LogP contribution >= 0.6 is 0 Å².